The van der Waals surface area contributed by atoms with Crippen molar-refractivity contribution < 1.29 is 18.6 Å². The zero-order valence-electron chi connectivity index (χ0n) is 14.6. The van der Waals surface area contributed by atoms with Gasteiger partial charge in [0.15, 0.2) is 12.5 Å². The van der Waals surface area contributed by atoms with Gasteiger partial charge in [0, 0.05) is 5.56 Å². The first kappa shape index (κ1) is 17.1. The number of nitrogens with one attached hydrogen (secondary N) is 1. The average Bonchev–Trinajstić information content (AvgIpc) is 3.11. The molecule has 0 aliphatic carbocycles. The van der Waals surface area contributed by atoms with Crippen molar-refractivity contribution >= 4 is 0 Å². The first-order chi connectivity index (χ1) is 12.3. The highest BCUT2D eigenvalue weighted by molar-refractivity contribution is 5.29. The minimum absolute atomic E-state index is 0.359. The van der Waals surface area contributed by atoms with Crippen LogP contribution in [0.3, 0.4) is 0 Å². The van der Waals surface area contributed by atoms with Crippen molar-refractivity contribution in [1.82, 2.24) is 9.55 Å². The van der Waals surface area contributed by atoms with Gasteiger partial charge < -0.3 is 14.2 Å². The summed E-state index contributed by atoms with van der Waals surface area (Å²) in [6.07, 6.45) is -2.01. The molecule has 1 N–H and O–H groups in total. The van der Waals surface area contributed by atoms with Gasteiger partial charge in [-0.1, -0.05) is 29.3 Å². The molecule has 2 aliphatic rings. The summed E-state index contributed by atoms with van der Waals surface area (Å²) in [6.45, 7) is 5.78. The van der Waals surface area contributed by atoms with E-state index in [2.05, 4.69) is 6.07 Å². The van der Waals surface area contributed by atoms with Crippen LogP contribution < -0.4 is 11.2 Å². The molecule has 0 spiro atoms. The summed E-state index contributed by atoms with van der Waals surface area (Å²) in [4.78, 5) is 25.3. The lowest BCUT2D eigenvalue weighted by Gasteiger charge is -2.21. The molecule has 1 aromatic carbocycles. The Bertz CT molecular complexity index is 949. The minimum atomic E-state index is -1.06. The van der Waals surface area contributed by atoms with E-state index in [-0.39, 0.29) is 6.10 Å². The van der Waals surface area contributed by atoms with Gasteiger partial charge in [0.25, 0.3) is 5.56 Å². The number of hydrogen-bond donors (Lipinski definition) is 1. The molecule has 2 saturated heterocycles. The largest absolute Gasteiger partial charge is 0.349 e. The highest BCUT2D eigenvalue weighted by Gasteiger charge is 2.52. The molecule has 0 amide bonds. The molecular formula is C18H19FN2O5. The Hall–Kier alpha value is -2.29. The zero-order valence-corrected chi connectivity index (χ0v) is 14.6. The van der Waals surface area contributed by atoms with Crippen LogP contribution in [0, 0.1) is 19.7 Å². The van der Waals surface area contributed by atoms with E-state index >= 15 is 0 Å². The molecular weight excluding hydrogens is 343 g/mol. The molecule has 8 heteroatoms. The van der Waals surface area contributed by atoms with Crippen molar-refractivity contribution in [3.05, 3.63) is 67.7 Å². The van der Waals surface area contributed by atoms with Crippen LogP contribution >= 0.6 is 0 Å². The van der Waals surface area contributed by atoms with Crippen LogP contribution in [0.4, 0.5) is 4.39 Å². The van der Waals surface area contributed by atoms with E-state index in [1.54, 1.807) is 6.92 Å². The normalized spacial score (nSPS) is 30.5. The van der Waals surface area contributed by atoms with Crippen LogP contribution in [0.2, 0.25) is 0 Å². The molecule has 7 nitrogen and oxygen atoms in total. The van der Waals surface area contributed by atoms with Crippen LogP contribution in [-0.2, 0) is 14.2 Å². The molecule has 0 bridgehead atoms. The van der Waals surface area contributed by atoms with E-state index in [0.717, 1.165) is 27.5 Å². The van der Waals surface area contributed by atoms with Crippen LogP contribution in [0.25, 0.3) is 0 Å². The predicted molar refractivity (Wildman–Crippen MR) is 89.3 cm³/mol. The van der Waals surface area contributed by atoms with Crippen LogP contribution in [0.15, 0.2) is 34.0 Å². The van der Waals surface area contributed by atoms with Gasteiger partial charge in [-0.15, -0.1) is 0 Å². The second-order valence-electron chi connectivity index (χ2n) is 6.83. The summed E-state index contributed by atoms with van der Waals surface area (Å²) < 4.78 is 32.4. The van der Waals surface area contributed by atoms with Crippen molar-refractivity contribution in [2.45, 2.75) is 51.6 Å². The van der Waals surface area contributed by atoms with Gasteiger partial charge in [-0.25, -0.2) is 4.79 Å². The van der Waals surface area contributed by atoms with Crippen molar-refractivity contribution in [2.75, 3.05) is 0 Å². The minimum Gasteiger partial charge on any atom is -0.349 e. The van der Waals surface area contributed by atoms with Gasteiger partial charge in [0.05, 0.1) is 12.3 Å². The molecule has 2 aliphatic heterocycles. The van der Waals surface area contributed by atoms with Crippen LogP contribution in [0.1, 0.15) is 36.1 Å². The Morgan fingerprint density at radius 3 is 2.38 bits per heavy atom. The van der Waals surface area contributed by atoms with Crippen LogP contribution in [0.5, 0.6) is 0 Å². The van der Waals surface area contributed by atoms with Crippen molar-refractivity contribution in [1.29, 1.82) is 0 Å². The number of benzene rings is 1. The number of ether oxygens (including phenoxy) is 3. The Kier molecular flexibility index (Phi) is 4.06. The van der Waals surface area contributed by atoms with Gasteiger partial charge in [-0.05, 0) is 20.8 Å². The van der Waals surface area contributed by atoms with Gasteiger partial charge >= 0.3 is 5.69 Å². The number of nitrogens with zero attached hydrogens (tertiary/aromatic N) is 1. The smallest absolute Gasteiger partial charge is 0.330 e. The average molecular weight is 362 g/mol. The summed E-state index contributed by atoms with van der Waals surface area (Å²) >= 11 is 0. The molecule has 0 radical (unpaired) electrons. The number of hydrogen-bond acceptors (Lipinski definition) is 5. The summed E-state index contributed by atoms with van der Waals surface area (Å²) in [5.41, 5.74) is 1.23. The number of rotatable bonds is 2. The number of aromatic nitrogens is 2. The lowest BCUT2D eigenvalue weighted by atomic mass is 10.1. The molecule has 5 atom stereocenters. The molecule has 138 valence electrons. The predicted octanol–water partition coefficient (Wildman–Crippen LogP) is 1.69. The first-order valence-corrected chi connectivity index (χ1v) is 8.39. The van der Waals surface area contributed by atoms with E-state index in [9.17, 15) is 14.0 Å². The second-order valence-corrected chi connectivity index (χ2v) is 6.83. The maximum absolute atomic E-state index is 13.7. The lowest BCUT2D eigenvalue weighted by Crippen LogP contribution is -2.38. The fourth-order valence-electron chi connectivity index (χ4n) is 3.63. The fraction of sp³-hybridized carbons (Fsp3) is 0.444. The molecule has 0 saturated carbocycles. The Labute approximate surface area is 148 Å². The second kappa shape index (κ2) is 6.15. The molecule has 2 fully saturated rings. The summed E-state index contributed by atoms with van der Waals surface area (Å²) in [5, 5.41) is 0. The number of fused-ring (bicyclic) bond motifs is 1. The Morgan fingerprint density at radius 1 is 1.04 bits per heavy atom. The fourth-order valence-corrected chi connectivity index (χ4v) is 3.63. The van der Waals surface area contributed by atoms with Crippen LogP contribution in [-0.4, -0.2) is 27.9 Å². The monoisotopic (exact) mass is 362 g/mol. The summed E-state index contributed by atoms with van der Waals surface area (Å²) in [6, 6.07) is 6.01. The van der Waals surface area contributed by atoms with E-state index in [1.165, 1.54) is 0 Å². The Morgan fingerprint density at radius 2 is 1.69 bits per heavy atom. The van der Waals surface area contributed by atoms with E-state index < -0.39 is 41.8 Å². The highest BCUT2D eigenvalue weighted by atomic mass is 19.1. The van der Waals surface area contributed by atoms with E-state index in [0.29, 0.717) is 0 Å². The van der Waals surface area contributed by atoms with E-state index in [1.807, 2.05) is 31.0 Å². The zero-order chi connectivity index (χ0) is 18.6. The molecule has 1 aromatic heterocycles. The summed E-state index contributed by atoms with van der Waals surface area (Å²) in [7, 11) is 0. The van der Waals surface area contributed by atoms with E-state index in [4.69, 9.17) is 14.2 Å². The third-order valence-electron chi connectivity index (χ3n) is 4.70. The molecule has 4 rings (SSSR count). The number of H-pyrrole nitrogens is 1. The molecule has 3 heterocycles. The standard InChI is InChI=1S/C18H19FN2O5/c1-8-4-9(2)6-11(5-8)17-25-13-10(3)24-16(14(13)26-17)21-7-12(19)15(22)20-18(21)23/h4-7,10,13-14,16-17H,1-3H3,(H,20,22,23)/t10-,13-,14-,16-,17?/m1/s1. The summed E-state index contributed by atoms with van der Waals surface area (Å²) in [5.74, 6) is -1.06. The first-order valence-electron chi connectivity index (χ1n) is 8.39. The third-order valence-corrected chi connectivity index (χ3v) is 4.70. The maximum Gasteiger partial charge on any atom is 0.330 e. The Balaban J connectivity index is 1.67. The highest BCUT2D eigenvalue weighted by Crippen LogP contribution is 2.43. The molecule has 1 unspecified atom stereocenters. The van der Waals surface area contributed by atoms with Gasteiger partial charge in [0.1, 0.15) is 12.2 Å². The van der Waals surface area contributed by atoms with Crippen molar-refractivity contribution in [3.8, 4) is 0 Å². The van der Waals surface area contributed by atoms with Gasteiger partial charge in [-0.2, -0.15) is 4.39 Å². The third kappa shape index (κ3) is 2.80. The quantitative estimate of drug-likeness (QED) is 0.879. The molecule has 26 heavy (non-hydrogen) atoms. The lowest BCUT2D eigenvalue weighted by molar-refractivity contribution is -0.145. The number of halogens is 1. The SMILES string of the molecule is Cc1cc(C)cc(C2O[C@@H]3[C@H](O2)[C@@H](C)O[C@H]3n2cc(F)c(=O)[nH]c2=O)c1. The van der Waals surface area contributed by atoms with Crippen molar-refractivity contribution in [2.24, 2.45) is 0 Å². The van der Waals surface area contributed by atoms with Crippen molar-refractivity contribution in [3.63, 3.8) is 0 Å². The van der Waals surface area contributed by atoms with Gasteiger partial charge in [-0.3, -0.25) is 14.3 Å². The maximum atomic E-state index is 13.7. The number of aryl methyl sites for hydroxylation is 2. The number of aromatic amines is 1. The molecule has 2 aromatic rings. The van der Waals surface area contributed by atoms with Gasteiger partial charge in [0.2, 0.25) is 5.82 Å². The topological polar surface area (TPSA) is 82.6 Å².